The van der Waals surface area contributed by atoms with Crippen LogP contribution in [0.4, 0.5) is 17.5 Å². The maximum absolute atomic E-state index is 11.6. The van der Waals surface area contributed by atoms with Crippen LogP contribution in [0.2, 0.25) is 0 Å². The summed E-state index contributed by atoms with van der Waals surface area (Å²) in [4.78, 5) is 24.5. The largest absolute Gasteiger partial charge is 0.459 e. The van der Waals surface area contributed by atoms with E-state index >= 15 is 0 Å². The number of hydrogen-bond acceptors (Lipinski definition) is 8. The molecule has 10 nitrogen and oxygen atoms in total. The fourth-order valence-electron chi connectivity index (χ4n) is 3.21. The topological polar surface area (TPSA) is 135 Å². The number of primary sulfonamides is 1. The van der Waals surface area contributed by atoms with Gasteiger partial charge in [-0.15, -0.1) is 0 Å². The van der Waals surface area contributed by atoms with E-state index in [2.05, 4.69) is 20.2 Å². The van der Waals surface area contributed by atoms with Crippen molar-refractivity contribution < 1.29 is 17.6 Å². The Morgan fingerprint density at radius 2 is 1.79 bits per heavy atom. The Bertz CT molecular complexity index is 1150. The second-order valence-electron chi connectivity index (χ2n) is 6.69. The van der Waals surface area contributed by atoms with Crippen LogP contribution in [0.1, 0.15) is 6.92 Å². The Hall–Kier alpha value is -3.18. The highest BCUT2D eigenvalue weighted by atomic mass is 32.2. The second kappa shape index (κ2) is 7.33. The number of nitrogens with zero attached hydrogens (tertiary/aromatic N) is 4. The monoisotopic (exact) mass is 416 g/mol. The molecule has 4 rings (SSSR count). The molecule has 0 spiro atoms. The van der Waals surface area contributed by atoms with Crippen molar-refractivity contribution in [2.24, 2.45) is 5.14 Å². The Kier molecular flexibility index (Phi) is 4.84. The number of nitrogens with two attached hydrogens (primary N) is 1. The molecule has 0 saturated carbocycles. The van der Waals surface area contributed by atoms with Crippen LogP contribution in [-0.4, -0.2) is 55.4 Å². The smallest absolute Gasteiger partial charge is 0.238 e. The van der Waals surface area contributed by atoms with E-state index in [0.717, 1.165) is 0 Å². The van der Waals surface area contributed by atoms with Crippen molar-refractivity contribution in [3.05, 3.63) is 36.6 Å². The average molecular weight is 416 g/mol. The lowest BCUT2D eigenvalue weighted by Gasteiger charge is -2.34. The lowest BCUT2D eigenvalue weighted by molar-refractivity contribution is -0.129. The Balaban J connectivity index is 1.61. The normalized spacial score (nSPS) is 15.0. The number of sulfonamides is 1. The highest BCUT2D eigenvalue weighted by Crippen LogP contribution is 2.28. The lowest BCUT2D eigenvalue weighted by Crippen LogP contribution is -2.48. The van der Waals surface area contributed by atoms with E-state index in [9.17, 15) is 13.2 Å². The molecule has 1 saturated heterocycles. The summed E-state index contributed by atoms with van der Waals surface area (Å²) < 4.78 is 28.4. The number of aromatic nitrogens is 2. The molecule has 152 valence electrons. The van der Waals surface area contributed by atoms with E-state index in [-0.39, 0.29) is 10.8 Å². The number of fused-ring (bicyclic) bond motifs is 1. The molecule has 0 atom stereocenters. The fourth-order valence-corrected chi connectivity index (χ4v) is 3.72. The molecule has 3 N–H and O–H groups in total. The molecule has 29 heavy (non-hydrogen) atoms. The first kappa shape index (κ1) is 19.2. The first-order valence-corrected chi connectivity index (χ1v) is 10.5. The van der Waals surface area contributed by atoms with Gasteiger partial charge in [0.15, 0.2) is 11.4 Å². The highest BCUT2D eigenvalue weighted by molar-refractivity contribution is 7.89. The van der Waals surface area contributed by atoms with Crippen molar-refractivity contribution >= 4 is 44.5 Å². The number of carbonyl (C=O) groups is 1. The molecule has 1 aliphatic rings. The molecule has 2 aromatic heterocycles. The SMILES string of the molecule is CC(=O)N1CCN(c2nc(Nc3ccc(S(N)(=O)=O)cc3)nc3ccoc23)CC1. The summed E-state index contributed by atoms with van der Waals surface area (Å²) >= 11 is 0. The Labute approximate surface area is 167 Å². The van der Waals surface area contributed by atoms with Gasteiger partial charge in [-0.05, 0) is 24.3 Å². The van der Waals surface area contributed by atoms with Crippen LogP contribution in [-0.2, 0) is 14.8 Å². The number of benzene rings is 1. The number of rotatable bonds is 4. The van der Waals surface area contributed by atoms with Gasteiger partial charge in [-0.2, -0.15) is 4.98 Å². The van der Waals surface area contributed by atoms with Crippen molar-refractivity contribution in [3.63, 3.8) is 0 Å². The minimum atomic E-state index is -3.75. The van der Waals surface area contributed by atoms with Crippen LogP contribution in [0.25, 0.3) is 11.1 Å². The van der Waals surface area contributed by atoms with Gasteiger partial charge in [0.1, 0.15) is 5.52 Å². The molecule has 1 aromatic carbocycles. The number of nitrogens with one attached hydrogen (secondary N) is 1. The maximum Gasteiger partial charge on any atom is 0.238 e. The quantitative estimate of drug-likeness (QED) is 0.649. The molecule has 1 fully saturated rings. The molecular weight excluding hydrogens is 396 g/mol. The van der Waals surface area contributed by atoms with Crippen molar-refractivity contribution in [3.8, 4) is 0 Å². The number of carbonyl (C=O) groups excluding carboxylic acids is 1. The van der Waals surface area contributed by atoms with Crippen LogP contribution in [0.15, 0.2) is 45.9 Å². The van der Waals surface area contributed by atoms with Crippen LogP contribution >= 0.6 is 0 Å². The van der Waals surface area contributed by atoms with E-state index < -0.39 is 10.0 Å². The Morgan fingerprint density at radius 1 is 1.10 bits per heavy atom. The molecule has 1 aliphatic heterocycles. The zero-order valence-electron chi connectivity index (χ0n) is 15.7. The Morgan fingerprint density at radius 3 is 2.41 bits per heavy atom. The number of anilines is 3. The zero-order valence-corrected chi connectivity index (χ0v) is 16.5. The van der Waals surface area contributed by atoms with Gasteiger partial charge < -0.3 is 19.5 Å². The fraction of sp³-hybridized carbons (Fsp3) is 0.278. The maximum atomic E-state index is 11.6. The predicted octanol–water partition coefficient (Wildman–Crippen LogP) is 1.28. The first-order chi connectivity index (χ1) is 13.8. The number of hydrogen-bond donors (Lipinski definition) is 2. The minimum Gasteiger partial charge on any atom is -0.459 e. The van der Waals surface area contributed by atoms with E-state index in [0.29, 0.717) is 54.7 Å². The zero-order chi connectivity index (χ0) is 20.6. The van der Waals surface area contributed by atoms with E-state index in [1.165, 1.54) is 12.1 Å². The van der Waals surface area contributed by atoms with E-state index in [1.54, 1.807) is 36.3 Å². The van der Waals surface area contributed by atoms with Crippen LogP contribution in [0, 0.1) is 0 Å². The summed E-state index contributed by atoms with van der Waals surface area (Å²) in [5.74, 6) is 1.05. The molecule has 3 heterocycles. The van der Waals surface area contributed by atoms with Crippen LogP contribution in [0.3, 0.4) is 0 Å². The first-order valence-electron chi connectivity index (χ1n) is 8.97. The van der Waals surface area contributed by atoms with Crippen molar-refractivity contribution in [1.82, 2.24) is 14.9 Å². The van der Waals surface area contributed by atoms with Crippen LogP contribution < -0.4 is 15.4 Å². The molecule has 0 unspecified atom stereocenters. The van der Waals surface area contributed by atoms with Gasteiger partial charge in [-0.1, -0.05) is 0 Å². The van der Waals surface area contributed by atoms with Crippen molar-refractivity contribution in [1.29, 1.82) is 0 Å². The third-order valence-corrected chi connectivity index (χ3v) is 5.68. The summed E-state index contributed by atoms with van der Waals surface area (Å²) in [6.45, 7) is 4.05. The summed E-state index contributed by atoms with van der Waals surface area (Å²) in [6.07, 6.45) is 1.55. The van der Waals surface area contributed by atoms with E-state index in [1.807, 2.05) is 0 Å². The van der Waals surface area contributed by atoms with Gasteiger partial charge in [0.2, 0.25) is 21.9 Å². The van der Waals surface area contributed by atoms with Gasteiger partial charge >= 0.3 is 0 Å². The van der Waals surface area contributed by atoms with E-state index in [4.69, 9.17) is 9.56 Å². The van der Waals surface area contributed by atoms with Crippen LogP contribution in [0.5, 0.6) is 0 Å². The van der Waals surface area contributed by atoms with Crippen molar-refractivity contribution in [2.75, 3.05) is 36.4 Å². The van der Waals surface area contributed by atoms with Crippen molar-refractivity contribution in [2.45, 2.75) is 11.8 Å². The van der Waals surface area contributed by atoms with Gasteiger partial charge in [-0.25, -0.2) is 18.5 Å². The molecule has 1 amide bonds. The van der Waals surface area contributed by atoms with Gasteiger partial charge in [0.05, 0.1) is 11.2 Å². The van der Waals surface area contributed by atoms with Gasteiger partial charge in [-0.3, -0.25) is 4.79 Å². The third kappa shape index (κ3) is 4.00. The minimum absolute atomic E-state index is 0.0262. The molecule has 0 radical (unpaired) electrons. The van der Waals surface area contributed by atoms with Gasteiger partial charge in [0.25, 0.3) is 0 Å². The lowest BCUT2D eigenvalue weighted by atomic mass is 10.3. The average Bonchev–Trinajstić information content (AvgIpc) is 3.16. The number of furan rings is 1. The molecule has 0 aliphatic carbocycles. The van der Waals surface area contributed by atoms with Gasteiger partial charge in [0, 0.05) is 44.9 Å². The summed E-state index contributed by atoms with van der Waals surface area (Å²) in [5.41, 5.74) is 1.84. The third-order valence-electron chi connectivity index (χ3n) is 4.75. The number of piperazine rings is 1. The molecular formula is C18H20N6O4S. The second-order valence-corrected chi connectivity index (χ2v) is 8.25. The number of amides is 1. The predicted molar refractivity (Wildman–Crippen MR) is 107 cm³/mol. The standard InChI is InChI=1S/C18H20N6O4S/c1-12(25)23-7-9-24(10-8-23)17-16-15(6-11-28-16)21-18(22-17)20-13-2-4-14(5-3-13)29(19,26)27/h2-6,11H,7-10H2,1H3,(H2,19,26,27)(H,20,21,22). The highest BCUT2D eigenvalue weighted by Gasteiger charge is 2.23. The summed E-state index contributed by atoms with van der Waals surface area (Å²) in [5, 5.41) is 8.21. The summed E-state index contributed by atoms with van der Waals surface area (Å²) in [6, 6.07) is 7.76. The molecule has 0 bridgehead atoms. The summed E-state index contributed by atoms with van der Waals surface area (Å²) in [7, 11) is -3.75. The molecule has 11 heteroatoms. The molecule has 3 aromatic rings.